The lowest BCUT2D eigenvalue weighted by Crippen LogP contribution is -2.30. The van der Waals surface area contributed by atoms with E-state index in [1.54, 1.807) is 6.20 Å². The summed E-state index contributed by atoms with van der Waals surface area (Å²) < 4.78 is 11.7. The molecule has 0 spiro atoms. The van der Waals surface area contributed by atoms with Crippen LogP contribution in [0.4, 0.5) is 5.82 Å². The first-order valence-corrected chi connectivity index (χ1v) is 13.8. The van der Waals surface area contributed by atoms with Crippen LogP contribution >= 0.6 is 23.4 Å². The summed E-state index contributed by atoms with van der Waals surface area (Å²) in [7, 11) is 0. The van der Waals surface area contributed by atoms with Gasteiger partial charge in [0.15, 0.2) is 11.5 Å². The lowest BCUT2D eigenvalue weighted by atomic mass is 10.0. The molecule has 1 aromatic carbocycles. The van der Waals surface area contributed by atoms with Crippen LogP contribution in [0.25, 0.3) is 10.9 Å². The van der Waals surface area contributed by atoms with Crippen molar-refractivity contribution in [1.29, 1.82) is 0 Å². The number of hydrogen-bond donors (Lipinski definition) is 3. The molecule has 0 aliphatic carbocycles. The second-order valence-corrected chi connectivity index (χ2v) is 10.9. The number of nitrogens with zero attached hydrogens (tertiary/aromatic N) is 3. The summed E-state index contributed by atoms with van der Waals surface area (Å²) in [4.78, 5) is 24.0. The van der Waals surface area contributed by atoms with E-state index in [1.165, 1.54) is 11.8 Å². The van der Waals surface area contributed by atoms with E-state index in [1.807, 2.05) is 24.3 Å². The molecule has 1 saturated heterocycles. The summed E-state index contributed by atoms with van der Waals surface area (Å²) in [6, 6.07) is 7.81. The Kier molecular flexibility index (Phi) is 7.09. The van der Waals surface area contributed by atoms with Crippen molar-refractivity contribution in [3.05, 3.63) is 46.7 Å². The summed E-state index contributed by atoms with van der Waals surface area (Å²) in [5.74, 6) is 2.59. The zero-order valence-electron chi connectivity index (χ0n) is 20.2. The fraction of sp³-hybridized carbons (Fsp3) is 0.423. The molecule has 3 N–H and O–H groups in total. The number of anilines is 1. The summed E-state index contributed by atoms with van der Waals surface area (Å²) >= 11 is 8.10. The van der Waals surface area contributed by atoms with Gasteiger partial charge in [-0.3, -0.25) is 9.78 Å². The lowest BCUT2D eigenvalue weighted by molar-refractivity contribution is -0.113. The van der Waals surface area contributed by atoms with Gasteiger partial charge in [-0.2, -0.15) is 0 Å². The number of nitrogens with one attached hydrogen (secondary N) is 2. The van der Waals surface area contributed by atoms with Crippen LogP contribution in [0, 0.1) is 5.92 Å². The Bertz CT molecular complexity index is 1340. The molecular weight excluding hydrogens is 514 g/mol. The normalized spacial score (nSPS) is 21.2. The van der Waals surface area contributed by atoms with Gasteiger partial charge in [-0.1, -0.05) is 11.6 Å². The predicted molar refractivity (Wildman–Crippen MR) is 143 cm³/mol. The van der Waals surface area contributed by atoms with Crippen molar-refractivity contribution in [2.75, 3.05) is 50.5 Å². The molecule has 5 heterocycles. The van der Waals surface area contributed by atoms with Gasteiger partial charge in [0.25, 0.3) is 0 Å². The Labute approximate surface area is 223 Å². The van der Waals surface area contributed by atoms with Gasteiger partial charge in [0.2, 0.25) is 5.91 Å². The number of aliphatic hydroxyl groups is 1. The minimum Gasteiger partial charge on any atom is -0.486 e. The Morgan fingerprint density at radius 2 is 2.11 bits per heavy atom. The molecule has 6 rings (SSSR count). The van der Waals surface area contributed by atoms with Crippen LogP contribution in [0.15, 0.2) is 35.4 Å². The standard InChI is InChI=1S/C26H28ClN5O4S/c27-18-11-29-19-2-3-21-25(36-8-7-35-21)24(19)17(18)5-6-32-12-15(20(33)13-32)9-28-10-16-1-4-22-26(30-16)31-23(34)14-37-22/h1-4,11,15,20,28,33H,5-10,12-14H2,(H,30,31,34)/t15-,20+/m0/s1. The van der Waals surface area contributed by atoms with Crippen LogP contribution in [-0.4, -0.2) is 77.1 Å². The molecule has 11 heteroatoms. The maximum absolute atomic E-state index is 11.6. The number of fused-ring (bicyclic) bond motifs is 4. The second-order valence-electron chi connectivity index (χ2n) is 9.52. The van der Waals surface area contributed by atoms with Crippen LogP contribution < -0.4 is 20.1 Å². The van der Waals surface area contributed by atoms with Crippen molar-refractivity contribution < 1.29 is 19.4 Å². The third-order valence-electron chi connectivity index (χ3n) is 7.00. The van der Waals surface area contributed by atoms with E-state index in [2.05, 4.69) is 25.5 Å². The van der Waals surface area contributed by atoms with Gasteiger partial charge in [0.1, 0.15) is 19.0 Å². The minimum atomic E-state index is -0.408. The van der Waals surface area contributed by atoms with Gasteiger partial charge in [-0.25, -0.2) is 4.98 Å². The Balaban J connectivity index is 1.06. The second kappa shape index (κ2) is 10.6. The zero-order chi connectivity index (χ0) is 25.4. The van der Waals surface area contributed by atoms with Gasteiger partial charge in [-0.05, 0) is 36.2 Å². The van der Waals surface area contributed by atoms with E-state index >= 15 is 0 Å². The van der Waals surface area contributed by atoms with Gasteiger partial charge >= 0.3 is 0 Å². The zero-order valence-corrected chi connectivity index (χ0v) is 21.8. The summed E-state index contributed by atoms with van der Waals surface area (Å²) in [5.41, 5.74) is 2.69. The summed E-state index contributed by atoms with van der Waals surface area (Å²) in [5, 5.41) is 18.5. The predicted octanol–water partition coefficient (Wildman–Crippen LogP) is 2.72. The van der Waals surface area contributed by atoms with Crippen molar-refractivity contribution >= 4 is 46.0 Å². The molecule has 0 saturated carbocycles. The van der Waals surface area contributed by atoms with E-state index in [0.29, 0.717) is 61.6 Å². The number of carbonyl (C=O) groups excluding carboxylic acids is 1. The first-order valence-electron chi connectivity index (χ1n) is 12.4. The van der Waals surface area contributed by atoms with Crippen molar-refractivity contribution in [3.8, 4) is 11.5 Å². The number of benzene rings is 1. The molecule has 1 fully saturated rings. The maximum atomic E-state index is 11.6. The monoisotopic (exact) mass is 541 g/mol. The van der Waals surface area contributed by atoms with E-state index < -0.39 is 6.10 Å². The van der Waals surface area contributed by atoms with Gasteiger partial charge in [0, 0.05) is 44.8 Å². The highest BCUT2D eigenvalue weighted by molar-refractivity contribution is 8.00. The number of halogens is 1. The molecule has 3 aliphatic rings. The molecular formula is C26H28ClN5O4S. The Morgan fingerprint density at radius 3 is 3.03 bits per heavy atom. The minimum absolute atomic E-state index is 0.0222. The quantitative estimate of drug-likeness (QED) is 0.416. The average molecular weight is 542 g/mol. The third-order valence-corrected chi connectivity index (χ3v) is 8.37. The smallest absolute Gasteiger partial charge is 0.235 e. The first kappa shape index (κ1) is 24.7. The van der Waals surface area contributed by atoms with E-state index in [-0.39, 0.29) is 11.8 Å². The molecule has 9 nitrogen and oxygen atoms in total. The van der Waals surface area contributed by atoms with Crippen LogP contribution in [-0.2, 0) is 17.8 Å². The number of aromatic nitrogens is 2. The topological polar surface area (TPSA) is 109 Å². The fourth-order valence-electron chi connectivity index (χ4n) is 5.16. The number of rotatable bonds is 7. The summed E-state index contributed by atoms with van der Waals surface area (Å²) in [6.07, 6.45) is 2.00. The first-order chi connectivity index (χ1) is 18.0. The lowest BCUT2D eigenvalue weighted by Gasteiger charge is -2.22. The highest BCUT2D eigenvalue weighted by Crippen LogP contribution is 2.41. The van der Waals surface area contributed by atoms with Gasteiger partial charge < -0.3 is 30.1 Å². The Morgan fingerprint density at radius 1 is 1.22 bits per heavy atom. The molecule has 2 aromatic heterocycles. The fourth-order valence-corrected chi connectivity index (χ4v) is 6.15. The largest absolute Gasteiger partial charge is 0.486 e. The molecule has 0 unspecified atom stereocenters. The average Bonchev–Trinajstić information content (AvgIpc) is 3.26. The van der Waals surface area contributed by atoms with Gasteiger partial charge in [0.05, 0.1) is 38.4 Å². The molecule has 0 bridgehead atoms. The number of thioether (sulfide) groups is 1. The number of amides is 1. The van der Waals surface area contributed by atoms with Crippen LogP contribution in [0.1, 0.15) is 11.3 Å². The third kappa shape index (κ3) is 5.21. The number of likely N-dealkylation sites (tertiary alicyclic amines) is 1. The van der Waals surface area contributed by atoms with Crippen molar-refractivity contribution in [2.45, 2.75) is 24.0 Å². The number of hydrogen-bond acceptors (Lipinski definition) is 9. The molecule has 37 heavy (non-hydrogen) atoms. The molecule has 194 valence electrons. The molecule has 3 aromatic rings. The molecule has 1 amide bonds. The van der Waals surface area contributed by atoms with Crippen molar-refractivity contribution in [3.63, 3.8) is 0 Å². The van der Waals surface area contributed by atoms with E-state index in [9.17, 15) is 9.90 Å². The number of carbonyl (C=O) groups is 1. The Hall–Kier alpha value is -2.63. The van der Waals surface area contributed by atoms with E-state index in [4.69, 9.17) is 21.1 Å². The van der Waals surface area contributed by atoms with Crippen molar-refractivity contribution in [2.24, 2.45) is 5.92 Å². The van der Waals surface area contributed by atoms with Gasteiger partial charge in [-0.15, -0.1) is 11.8 Å². The number of aliphatic hydroxyl groups excluding tert-OH is 1. The van der Waals surface area contributed by atoms with Crippen LogP contribution in [0.3, 0.4) is 0 Å². The number of β-amino-alcohol motifs (C(OH)–C–C–N with tert-alkyl or cyclic N) is 1. The van der Waals surface area contributed by atoms with Crippen LogP contribution in [0.2, 0.25) is 5.02 Å². The number of pyridine rings is 2. The maximum Gasteiger partial charge on any atom is 0.235 e. The number of ether oxygens (including phenoxy) is 2. The highest BCUT2D eigenvalue weighted by Gasteiger charge is 2.31. The van der Waals surface area contributed by atoms with Crippen LogP contribution in [0.5, 0.6) is 11.5 Å². The summed E-state index contributed by atoms with van der Waals surface area (Å²) in [6.45, 7) is 4.45. The molecule has 0 radical (unpaired) electrons. The SMILES string of the molecule is O=C1CSc2ccc(CNC[C@H]3CN(CCc4c(Cl)cnc5ccc6c(c45)OCCO6)C[C@H]3O)nc2N1. The molecule has 3 aliphatic heterocycles. The highest BCUT2D eigenvalue weighted by atomic mass is 35.5. The van der Waals surface area contributed by atoms with E-state index in [0.717, 1.165) is 45.9 Å². The molecule has 2 atom stereocenters. The van der Waals surface area contributed by atoms with Crippen molar-refractivity contribution in [1.82, 2.24) is 20.2 Å².